The molecule has 318 valence electrons. The van der Waals surface area contributed by atoms with E-state index >= 15 is 4.79 Å². The number of ether oxygens (including phenoxy) is 4. The van der Waals surface area contributed by atoms with E-state index in [0.29, 0.717) is 82.4 Å². The van der Waals surface area contributed by atoms with Crippen LogP contribution in [-0.4, -0.2) is 133 Å². The van der Waals surface area contributed by atoms with Crippen LogP contribution in [0, 0.1) is 11.3 Å². The maximum absolute atomic E-state index is 15.3. The molecule has 3 N–H and O–H groups in total. The van der Waals surface area contributed by atoms with Crippen molar-refractivity contribution in [2.45, 2.75) is 112 Å². The summed E-state index contributed by atoms with van der Waals surface area (Å²) in [4.78, 5) is 53.3. The van der Waals surface area contributed by atoms with Crippen molar-refractivity contribution in [2.75, 3.05) is 66.0 Å². The van der Waals surface area contributed by atoms with Crippen LogP contribution < -0.4 is 9.64 Å². The van der Waals surface area contributed by atoms with Gasteiger partial charge in [-0.1, -0.05) is 32.0 Å². The maximum Gasteiger partial charge on any atom is 0.344 e. The summed E-state index contributed by atoms with van der Waals surface area (Å²) >= 11 is 0. The Kier molecular flexibility index (Phi) is 9.51. The number of carbonyl (C=O) groups is 3. The molecule has 10 atom stereocenters. The Morgan fingerprint density at radius 1 is 0.915 bits per heavy atom. The lowest BCUT2D eigenvalue weighted by Crippen LogP contribution is -2.82. The number of H-pyrrole nitrogens is 1. The molecule has 59 heavy (non-hydrogen) atoms. The largest absolute Gasteiger partial charge is 0.496 e. The van der Waals surface area contributed by atoms with Gasteiger partial charge in [-0.2, -0.15) is 0 Å². The molecule has 9 rings (SSSR count). The first-order valence-corrected chi connectivity index (χ1v) is 21.5. The minimum atomic E-state index is -2.25. The summed E-state index contributed by atoms with van der Waals surface area (Å²) < 4.78 is 24.0. The van der Waals surface area contributed by atoms with E-state index < -0.39 is 57.5 Å². The molecular weight excluding hydrogens is 753 g/mol. The van der Waals surface area contributed by atoms with E-state index in [9.17, 15) is 19.8 Å². The maximum atomic E-state index is 15.3. The predicted molar refractivity (Wildman–Crippen MR) is 221 cm³/mol. The third-order valence-corrected chi connectivity index (χ3v) is 16.0. The van der Waals surface area contributed by atoms with Gasteiger partial charge >= 0.3 is 17.9 Å². The highest BCUT2D eigenvalue weighted by atomic mass is 16.6. The van der Waals surface area contributed by atoms with E-state index in [-0.39, 0.29) is 12.0 Å². The van der Waals surface area contributed by atoms with E-state index in [1.807, 2.05) is 43.1 Å². The third-order valence-electron chi connectivity index (χ3n) is 16.0. The number of nitrogens with one attached hydrogen (secondary N) is 1. The number of aliphatic hydroxyl groups is 2. The van der Waals surface area contributed by atoms with E-state index in [4.69, 9.17) is 18.9 Å². The fourth-order valence-corrected chi connectivity index (χ4v) is 14.0. The SMILES string of the molecule is CC[C@@]1(O)C[C@@H]2CN(CCc3c([nH]c4ccccc34)[C@@](C(=O)OC)(c3cc4c(cc3OC)N(C)[C@H]3[C@@](O)(C(=O)OC)[C@H](OC(C)=O)[C@]5(CC)CCN6CCC[C@]43[C@@H]65)C2)C1. The van der Waals surface area contributed by atoms with Crippen LogP contribution in [0.1, 0.15) is 88.1 Å². The molecule has 1 aromatic heterocycles. The number of hydrogen-bond acceptors (Lipinski definition) is 12. The summed E-state index contributed by atoms with van der Waals surface area (Å²) in [5, 5.41) is 26.4. The van der Waals surface area contributed by atoms with Gasteiger partial charge in [0.1, 0.15) is 11.2 Å². The summed E-state index contributed by atoms with van der Waals surface area (Å²) in [7, 11) is 6.21. The molecule has 0 amide bonds. The summed E-state index contributed by atoms with van der Waals surface area (Å²) in [6.07, 6.45) is 3.53. The first-order valence-electron chi connectivity index (χ1n) is 21.5. The highest BCUT2D eigenvalue weighted by Crippen LogP contribution is 2.69. The van der Waals surface area contributed by atoms with Crippen molar-refractivity contribution < 1.29 is 43.5 Å². The summed E-state index contributed by atoms with van der Waals surface area (Å²) in [5.74, 6) is -1.46. The van der Waals surface area contributed by atoms with Crippen LogP contribution in [0.15, 0.2) is 36.4 Å². The van der Waals surface area contributed by atoms with Gasteiger partial charge in [-0.05, 0) is 93.6 Å². The number of aromatic amines is 1. The number of rotatable bonds is 7. The van der Waals surface area contributed by atoms with Gasteiger partial charge in [-0.25, -0.2) is 4.79 Å². The molecule has 3 saturated heterocycles. The second-order valence-electron chi connectivity index (χ2n) is 18.6. The molecule has 1 spiro atoms. The van der Waals surface area contributed by atoms with Crippen LogP contribution in [-0.2, 0) is 45.8 Å². The summed E-state index contributed by atoms with van der Waals surface area (Å²) in [5.41, 5.74) is -1.21. The Morgan fingerprint density at radius 3 is 2.37 bits per heavy atom. The van der Waals surface area contributed by atoms with Gasteiger partial charge in [0.15, 0.2) is 6.10 Å². The van der Waals surface area contributed by atoms with Crippen LogP contribution in [0.3, 0.4) is 0 Å². The number of anilines is 1. The second kappa shape index (κ2) is 13.9. The number of likely N-dealkylation sites (N-methyl/N-ethyl adjacent to an activating group) is 1. The Labute approximate surface area is 346 Å². The number of esters is 3. The number of nitrogens with zero attached hydrogens (tertiary/aromatic N) is 3. The van der Waals surface area contributed by atoms with Crippen molar-refractivity contribution in [1.29, 1.82) is 0 Å². The van der Waals surface area contributed by atoms with E-state index in [1.54, 1.807) is 7.11 Å². The molecular formula is C46H60N4O9. The smallest absolute Gasteiger partial charge is 0.344 e. The first kappa shape index (κ1) is 40.2. The van der Waals surface area contributed by atoms with Gasteiger partial charge in [0.05, 0.1) is 33.0 Å². The fourth-order valence-electron chi connectivity index (χ4n) is 14.0. The molecule has 0 radical (unpaired) electrons. The third kappa shape index (κ3) is 5.26. The monoisotopic (exact) mass is 812 g/mol. The van der Waals surface area contributed by atoms with Gasteiger partial charge in [0.25, 0.3) is 0 Å². The molecule has 6 heterocycles. The van der Waals surface area contributed by atoms with Crippen LogP contribution in [0.25, 0.3) is 10.9 Å². The molecule has 3 aromatic rings. The van der Waals surface area contributed by atoms with Gasteiger partial charge in [-0.3, -0.25) is 19.4 Å². The minimum absolute atomic E-state index is 0.0898. The van der Waals surface area contributed by atoms with Crippen LogP contribution in [0.2, 0.25) is 0 Å². The Bertz CT molecular complexity index is 2210. The quantitative estimate of drug-likeness (QED) is 0.232. The minimum Gasteiger partial charge on any atom is -0.496 e. The highest BCUT2D eigenvalue weighted by Gasteiger charge is 2.80. The molecule has 6 aliphatic rings. The van der Waals surface area contributed by atoms with Gasteiger partial charge in [0.2, 0.25) is 5.60 Å². The topological polar surface area (TPSA) is 154 Å². The molecule has 2 aromatic carbocycles. The number of fused-ring (bicyclic) bond motifs is 6. The fraction of sp³-hybridized carbons (Fsp3) is 0.630. The van der Waals surface area contributed by atoms with Crippen molar-refractivity contribution in [3.8, 4) is 5.75 Å². The lowest BCUT2D eigenvalue weighted by atomic mass is 9.46. The predicted octanol–water partition coefficient (Wildman–Crippen LogP) is 4.21. The molecule has 13 nitrogen and oxygen atoms in total. The van der Waals surface area contributed by atoms with Crippen LogP contribution in [0.5, 0.6) is 5.75 Å². The number of benzene rings is 2. The number of hydrogen-bond donors (Lipinski definition) is 3. The lowest BCUT2D eigenvalue weighted by Gasteiger charge is -2.64. The zero-order valence-corrected chi connectivity index (χ0v) is 35.6. The normalized spacial score (nSPS) is 37.2. The lowest BCUT2D eigenvalue weighted by molar-refractivity contribution is -0.237. The second-order valence-corrected chi connectivity index (χ2v) is 18.6. The number of carbonyl (C=O) groups excluding carboxylic acids is 3. The standard InChI is InChI=1S/C46H60N4O9/c1-8-42(54)23-28-24-45(40(52)57-6,36-30(15-19-49(25-28)26-42)29-13-10-11-14-33(29)47-36)32-21-31-34(22-35(32)56-5)48(4)38-44(31)16-12-18-50-20-17-43(9-2,37(44)50)39(59-27(3)51)46(38,55)41(53)58-7/h10-11,13-14,21-22,28,37-39,47,54-55H,8-9,12,15-20,23-26H2,1-7H3/t28-,37-,38+,39+,42+,43+,44+,45-,46-/m0/s1. The number of aromatic nitrogens is 1. The number of methoxy groups -OCH3 is 3. The van der Waals surface area contributed by atoms with Crippen LogP contribution in [0.4, 0.5) is 5.69 Å². The molecule has 1 saturated carbocycles. The van der Waals surface area contributed by atoms with Crippen molar-refractivity contribution in [1.82, 2.24) is 14.8 Å². The Hall–Kier alpha value is -4.17. The molecule has 1 aliphatic carbocycles. The molecule has 1 unspecified atom stereocenters. The number of piperidine rings is 2. The Balaban J connectivity index is 1.36. The zero-order chi connectivity index (χ0) is 41.9. The first-order chi connectivity index (χ1) is 28.2. The van der Waals surface area contributed by atoms with Crippen molar-refractivity contribution in [3.05, 3.63) is 58.8 Å². The van der Waals surface area contributed by atoms with Gasteiger partial charge < -0.3 is 39.0 Å². The summed E-state index contributed by atoms with van der Waals surface area (Å²) in [6, 6.07) is 11.1. The molecule has 2 bridgehead atoms. The molecule has 13 heteroatoms. The zero-order valence-electron chi connectivity index (χ0n) is 35.6. The van der Waals surface area contributed by atoms with Gasteiger partial charge in [-0.15, -0.1) is 0 Å². The van der Waals surface area contributed by atoms with Gasteiger partial charge in [0, 0.05) is 84.4 Å². The average molecular weight is 813 g/mol. The summed E-state index contributed by atoms with van der Waals surface area (Å²) in [6.45, 7) is 8.95. The Morgan fingerprint density at radius 2 is 1.68 bits per heavy atom. The van der Waals surface area contributed by atoms with Crippen molar-refractivity contribution in [2.24, 2.45) is 11.3 Å². The average Bonchev–Trinajstić information content (AvgIpc) is 3.89. The van der Waals surface area contributed by atoms with E-state index in [1.165, 1.54) is 21.1 Å². The molecule has 5 aliphatic heterocycles. The number of para-hydroxylation sites is 1. The van der Waals surface area contributed by atoms with E-state index in [0.717, 1.165) is 46.4 Å². The van der Waals surface area contributed by atoms with Crippen molar-refractivity contribution in [3.63, 3.8) is 0 Å². The van der Waals surface area contributed by atoms with Crippen LogP contribution >= 0.6 is 0 Å². The van der Waals surface area contributed by atoms with Crippen molar-refractivity contribution >= 4 is 34.5 Å². The highest BCUT2D eigenvalue weighted by molar-refractivity contribution is 5.95. The molecule has 4 fully saturated rings. The van der Waals surface area contributed by atoms with E-state index in [2.05, 4.69) is 33.8 Å².